The van der Waals surface area contributed by atoms with Crippen LogP contribution < -0.4 is 0 Å². The van der Waals surface area contributed by atoms with Crippen molar-refractivity contribution in [1.82, 2.24) is 24.1 Å². The Bertz CT molecular complexity index is 5610. The monoisotopic (exact) mass is 1250 g/mol. The molecule has 8 nitrogen and oxygen atoms in total. The summed E-state index contributed by atoms with van der Waals surface area (Å²) in [5, 5.41) is 34.8. The fourth-order valence-corrected chi connectivity index (χ4v) is 13.9. The van der Waals surface area contributed by atoms with Crippen LogP contribution in [0.1, 0.15) is 16.7 Å². The SMILES string of the molecule is N#Cc1ccc(-c2cccc(-c3nc(-c4ccc(-c5cccc(C#N)c5)c(-n5c6ccc(-c7ccccc7)cc6c6cc(-c7ccccc7)ccc65)c4)nc(-c4ccc(-c5cccc(C#N)c5)c(-n5c6ccc(-c7ccccc7)cc6c6cc(-c7ccccc7)ccc65)c4)n3)c2)cc1. The molecule has 17 rings (SSSR count). The van der Waals surface area contributed by atoms with E-state index in [1.54, 1.807) is 0 Å². The summed E-state index contributed by atoms with van der Waals surface area (Å²) in [6.45, 7) is 0. The van der Waals surface area contributed by atoms with E-state index in [9.17, 15) is 15.8 Å². The lowest BCUT2D eigenvalue weighted by Gasteiger charge is -2.18. The number of nitrogens with zero attached hydrogens (tertiary/aromatic N) is 8. The van der Waals surface area contributed by atoms with Gasteiger partial charge in [-0.1, -0.05) is 224 Å². The van der Waals surface area contributed by atoms with Gasteiger partial charge in [0, 0.05) is 49.4 Å². The maximum absolute atomic E-state index is 10.4. The fraction of sp³-hybridized carbons (Fsp3) is 0. The second-order valence-corrected chi connectivity index (χ2v) is 24.5. The summed E-state index contributed by atoms with van der Waals surface area (Å²) in [7, 11) is 0. The van der Waals surface area contributed by atoms with Gasteiger partial charge in [0.2, 0.25) is 0 Å². The molecule has 0 saturated heterocycles. The molecule has 17 aromatic rings. The number of nitriles is 3. The third kappa shape index (κ3) is 10.6. The molecule has 0 aliphatic heterocycles. The normalized spacial score (nSPS) is 11.2. The molecule has 0 N–H and O–H groups in total. The third-order valence-electron chi connectivity index (χ3n) is 18.7. The van der Waals surface area contributed by atoms with E-state index in [4.69, 9.17) is 15.0 Å². The molecule has 0 aliphatic carbocycles. The summed E-state index contributed by atoms with van der Waals surface area (Å²) < 4.78 is 4.69. The highest BCUT2D eigenvalue weighted by molar-refractivity contribution is 6.14. The highest BCUT2D eigenvalue weighted by atomic mass is 15.0. The Kier molecular flexibility index (Phi) is 14.5. The molecule has 0 atom stereocenters. The Morgan fingerprint density at radius 2 is 0.480 bits per heavy atom. The van der Waals surface area contributed by atoms with E-state index in [0.717, 1.165) is 150 Å². The summed E-state index contributed by atoms with van der Waals surface area (Å²) in [4.78, 5) is 16.5. The van der Waals surface area contributed by atoms with Crippen LogP contribution in [0.3, 0.4) is 0 Å². The molecule has 0 fully saturated rings. The van der Waals surface area contributed by atoms with E-state index in [1.165, 1.54) is 0 Å². The maximum Gasteiger partial charge on any atom is 0.164 e. The number of benzene rings is 14. The van der Waals surface area contributed by atoms with Crippen LogP contribution in [0, 0.1) is 34.0 Å². The quantitative estimate of drug-likeness (QED) is 0.120. The summed E-state index contributed by atoms with van der Waals surface area (Å²) in [5.74, 6) is 1.34. The van der Waals surface area contributed by atoms with Crippen molar-refractivity contribution in [1.29, 1.82) is 15.8 Å². The highest BCUT2D eigenvalue weighted by Gasteiger charge is 2.24. The van der Waals surface area contributed by atoms with Gasteiger partial charge in [-0.05, 0) is 170 Å². The van der Waals surface area contributed by atoms with Gasteiger partial charge in [0.05, 0.1) is 68.3 Å². The minimum Gasteiger partial charge on any atom is -0.309 e. The van der Waals surface area contributed by atoms with E-state index >= 15 is 0 Å². The maximum atomic E-state index is 10.4. The number of rotatable bonds is 12. The van der Waals surface area contributed by atoms with Crippen molar-refractivity contribution in [3.8, 4) is 142 Å². The van der Waals surface area contributed by atoms with Crippen LogP contribution >= 0.6 is 0 Å². The largest absolute Gasteiger partial charge is 0.309 e. The van der Waals surface area contributed by atoms with Crippen LogP contribution in [0.25, 0.3) is 167 Å². The molecule has 454 valence electrons. The topological polar surface area (TPSA) is 120 Å². The minimum atomic E-state index is 0.442. The second-order valence-electron chi connectivity index (χ2n) is 24.5. The Balaban J connectivity index is 0.918. The van der Waals surface area contributed by atoms with Crippen LogP contribution in [0.4, 0.5) is 0 Å². The van der Waals surface area contributed by atoms with E-state index in [0.29, 0.717) is 34.2 Å². The first kappa shape index (κ1) is 58.0. The van der Waals surface area contributed by atoms with Gasteiger partial charge in [-0.15, -0.1) is 0 Å². The minimum absolute atomic E-state index is 0.442. The van der Waals surface area contributed by atoms with Crippen LogP contribution in [0.5, 0.6) is 0 Å². The van der Waals surface area contributed by atoms with E-state index < -0.39 is 0 Å². The van der Waals surface area contributed by atoms with E-state index in [1.807, 2.05) is 97.1 Å². The van der Waals surface area contributed by atoms with Gasteiger partial charge in [0.15, 0.2) is 17.5 Å². The van der Waals surface area contributed by atoms with Crippen LogP contribution in [0.15, 0.2) is 328 Å². The molecular formula is C90H54N8. The van der Waals surface area contributed by atoms with Gasteiger partial charge in [-0.3, -0.25) is 0 Å². The molecule has 0 saturated carbocycles. The van der Waals surface area contributed by atoms with Crippen LogP contribution in [-0.2, 0) is 0 Å². The summed E-state index contributed by atoms with van der Waals surface area (Å²) >= 11 is 0. The van der Waals surface area contributed by atoms with Gasteiger partial charge >= 0.3 is 0 Å². The number of fused-ring (bicyclic) bond motifs is 6. The third-order valence-corrected chi connectivity index (χ3v) is 18.7. The average molecular weight is 1250 g/mol. The summed E-state index contributed by atoms with van der Waals surface area (Å²) in [6.07, 6.45) is 0. The smallest absolute Gasteiger partial charge is 0.164 e. The Morgan fingerprint density at radius 1 is 0.204 bits per heavy atom. The zero-order valence-electron chi connectivity index (χ0n) is 52.8. The summed E-state index contributed by atoms with van der Waals surface area (Å²) in [5.41, 5.74) is 24.0. The first-order chi connectivity index (χ1) is 48.4. The Morgan fingerprint density at radius 3 is 0.837 bits per heavy atom. The van der Waals surface area contributed by atoms with Gasteiger partial charge < -0.3 is 9.13 Å². The average Bonchev–Trinajstić information content (AvgIpc) is 1.56. The highest BCUT2D eigenvalue weighted by Crippen LogP contribution is 2.44. The van der Waals surface area contributed by atoms with Crippen molar-refractivity contribution in [2.45, 2.75) is 0 Å². The molecule has 0 unspecified atom stereocenters. The molecule has 0 amide bonds. The van der Waals surface area contributed by atoms with Gasteiger partial charge in [-0.2, -0.15) is 15.8 Å². The van der Waals surface area contributed by atoms with Gasteiger partial charge in [0.1, 0.15) is 0 Å². The molecule has 0 bridgehead atoms. The summed E-state index contributed by atoms with van der Waals surface area (Å²) in [6, 6.07) is 120. The first-order valence-corrected chi connectivity index (χ1v) is 32.5. The zero-order chi connectivity index (χ0) is 65.6. The molecule has 3 aromatic heterocycles. The van der Waals surface area contributed by atoms with Crippen molar-refractivity contribution in [3.63, 3.8) is 0 Å². The van der Waals surface area contributed by atoms with Crippen molar-refractivity contribution in [2.24, 2.45) is 0 Å². The lowest BCUT2D eigenvalue weighted by atomic mass is 9.98. The standard InChI is InChI=1S/C90H54N8/c91-55-58-30-32-65(33-31-58)66-26-15-29-73(48-66)88-94-89(74-34-40-76(71-27-13-16-59(46-71)56-92)86(53-74)97-82-42-36-67(61-18-5-1-6-19-61)49-78(82)79-50-68(37-43-83(79)97)62-20-7-2-8-21-62)96-90(95-88)75-35-41-77(72-28-14-17-60(47-72)57-93)87(54-75)98-84-44-38-69(63-22-9-3-10-23-63)51-80(84)81-52-70(39-45-85(81)98)64-24-11-4-12-25-64/h1-54H. The van der Waals surface area contributed by atoms with Crippen molar-refractivity contribution < 1.29 is 0 Å². The molecule has 3 heterocycles. The Labute approximate surface area is 566 Å². The predicted octanol–water partition coefficient (Wildman–Crippen LogP) is 22.4. The zero-order valence-corrected chi connectivity index (χ0v) is 52.8. The molecule has 98 heavy (non-hydrogen) atoms. The number of aromatic nitrogens is 5. The van der Waals surface area contributed by atoms with Crippen molar-refractivity contribution >= 4 is 43.6 Å². The van der Waals surface area contributed by atoms with Crippen molar-refractivity contribution in [3.05, 3.63) is 344 Å². The number of hydrogen-bond donors (Lipinski definition) is 0. The fourth-order valence-electron chi connectivity index (χ4n) is 13.9. The van der Waals surface area contributed by atoms with Gasteiger partial charge in [0.25, 0.3) is 0 Å². The molecule has 0 radical (unpaired) electrons. The molecule has 0 spiro atoms. The molecule has 14 aromatic carbocycles. The van der Waals surface area contributed by atoms with Crippen LogP contribution in [-0.4, -0.2) is 24.1 Å². The van der Waals surface area contributed by atoms with Gasteiger partial charge in [-0.25, -0.2) is 15.0 Å². The predicted molar refractivity (Wildman–Crippen MR) is 397 cm³/mol. The second kappa shape index (κ2) is 24.6. The lowest BCUT2D eigenvalue weighted by Crippen LogP contribution is -2.03. The molecule has 8 heteroatoms. The van der Waals surface area contributed by atoms with Crippen molar-refractivity contribution in [2.75, 3.05) is 0 Å². The molecule has 0 aliphatic rings. The molecular weight excluding hydrogens is 1190 g/mol. The first-order valence-electron chi connectivity index (χ1n) is 32.5. The van der Waals surface area contributed by atoms with E-state index in [-0.39, 0.29) is 0 Å². The lowest BCUT2D eigenvalue weighted by molar-refractivity contribution is 1.07. The van der Waals surface area contributed by atoms with Crippen LogP contribution in [0.2, 0.25) is 0 Å². The Hall–Kier alpha value is -13.8. The van der Waals surface area contributed by atoms with E-state index in [2.05, 4.69) is 258 Å². The number of hydrogen-bond acceptors (Lipinski definition) is 6.